The highest BCUT2D eigenvalue weighted by Crippen LogP contribution is 2.27. The minimum Gasteiger partial charge on any atom is -0.459 e. The van der Waals surface area contributed by atoms with Crippen LogP contribution in [-0.2, 0) is 11.4 Å². The van der Waals surface area contributed by atoms with Crippen LogP contribution in [0.1, 0.15) is 31.6 Å². The van der Waals surface area contributed by atoms with Crippen LogP contribution in [0, 0.1) is 12.8 Å². The van der Waals surface area contributed by atoms with Crippen molar-refractivity contribution >= 4 is 28.9 Å². The van der Waals surface area contributed by atoms with Crippen LogP contribution in [0.4, 0.5) is 5.69 Å². The molecule has 3 N–H and O–H groups in total. The predicted molar refractivity (Wildman–Crippen MR) is 98.6 cm³/mol. The van der Waals surface area contributed by atoms with Gasteiger partial charge in [-0.1, -0.05) is 26.0 Å². The average Bonchev–Trinajstić information content (AvgIpc) is 2.97. The first-order valence-corrected chi connectivity index (χ1v) is 8.21. The van der Waals surface area contributed by atoms with Gasteiger partial charge in [-0.2, -0.15) is 0 Å². The molecule has 1 heterocycles. The largest absolute Gasteiger partial charge is 0.459 e. The molecule has 6 heteroatoms. The van der Waals surface area contributed by atoms with Gasteiger partial charge in [0.25, 0.3) is 0 Å². The fourth-order valence-electron chi connectivity index (χ4n) is 2.23. The maximum Gasteiger partial charge on any atom is 0.226 e. The number of carbonyl (C=O) groups is 1. The van der Waals surface area contributed by atoms with Crippen LogP contribution in [-0.4, -0.2) is 16.1 Å². The van der Waals surface area contributed by atoms with Crippen LogP contribution in [0.15, 0.2) is 34.7 Å². The number of furan rings is 1. The van der Waals surface area contributed by atoms with E-state index in [2.05, 4.69) is 10.6 Å². The minimum atomic E-state index is -0.136. The first-order chi connectivity index (χ1) is 11.4. The Morgan fingerprint density at radius 1 is 1.29 bits per heavy atom. The second-order valence-corrected chi connectivity index (χ2v) is 6.46. The Hall–Kier alpha value is -2.18. The minimum absolute atomic E-state index is 0.102. The summed E-state index contributed by atoms with van der Waals surface area (Å²) in [5.74, 6) is 1.35. The second kappa shape index (κ2) is 8.08. The maximum atomic E-state index is 11.8. The molecule has 0 saturated carbocycles. The van der Waals surface area contributed by atoms with E-state index in [1.165, 1.54) is 0 Å². The van der Waals surface area contributed by atoms with Gasteiger partial charge < -0.3 is 20.2 Å². The molecule has 0 fully saturated rings. The summed E-state index contributed by atoms with van der Waals surface area (Å²) < 4.78 is 5.55. The summed E-state index contributed by atoms with van der Waals surface area (Å²) >= 11 is 5.21. The number of aliphatic hydroxyl groups is 1. The quantitative estimate of drug-likeness (QED) is 0.721. The third-order valence-electron chi connectivity index (χ3n) is 3.43. The number of hydrogen-bond acceptors (Lipinski definition) is 4. The summed E-state index contributed by atoms with van der Waals surface area (Å²) in [5, 5.41) is 15.1. The Morgan fingerprint density at radius 3 is 2.67 bits per heavy atom. The lowest BCUT2D eigenvalue weighted by molar-refractivity contribution is -0.120. The zero-order valence-electron chi connectivity index (χ0n) is 14.1. The van der Waals surface area contributed by atoms with Crippen molar-refractivity contribution in [2.75, 3.05) is 5.32 Å². The fraction of sp³-hybridized carbons (Fsp3) is 0.333. The Balaban J connectivity index is 2.11. The Bertz CT molecular complexity index is 738. The molecule has 0 spiro atoms. The smallest absolute Gasteiger partial charge is 0.226 e. The predicted octanol–water partition coefficient (Wildman–Crippen LogP) is 3.61. The lowest BCUT2D eigenvalue weighted by Gasteiger charge is -2.13. The van der Waals surface area contributed by atoms with Crippen LogP contribution in [0.25, 0.3) is 11.3 Å². The highest BCUT2D eigenvalue weighted by molar-refractivity contribution is 7.80. The van der Waals surface area contributed by atoms with Crippen LogP contribution in [0.3, 0.4) is 0 Å². The molecule has 0 aliphatic heterocycles. The molecule has 1 aromatic heterocycles. The zero-order chi connectivity index (χ0) is 17.7. The van der Waals surface area contributed by atoms with Gasteiger partial charge in [-0.3, -0.25) is 4.79 Å². The van der Waals surface area contributed by atoms with Crippen LogP contribution >= 0.6 is 12.2 Å². The molecule has 0 radical (unpaired) electrons. The summed E-state index contributed by atoms with van der Waals surface area (Å²) in [6.07, 6.45) is 0.428. The van der Waals surface area contributed by atoms with Gasteiger partial charge in [0.05, 0.1) is 0 Å². The summed E-state index contributed by atoms with van der Waals surface area (Å²) in [6, 6.07) is 9.32. The topological polar surface area (TPSA) is 74.5 Å². The highest BCUT2D eigenvalue weighted by Gasteiger charge is 2.10. The molecule has 1 aromatic carbocycles. The van der Waals surface area contributed by atoms with Crippen LogP contribution in [0.2, 0.25) is 0 Å². The first kappa shape index (κ1) is 18.2. The molecule has 24 heavy (non-hydrogen) atoms. The number of benzene rings is 1. The molecule has 128 valence electrons. The van der Waals surface area contributed by atoms with Crippen molar-refractivity contribution < 1.29 is 14.3 Å². The number of hydrogen-bond donors (Lipinski definition) is 3. The van der Waals surface area contributed by atoms with E-state index < -0.39 is 0 Å². The molecule has 2 rings (SSSR count). The van der Waals surface area contributed by atoms with E-state index in [4.69, 9.17) is 21.7 Å². The monoisotopic (exact) mass is 346 g/mol. The standard InChI is InChI=1S/C18H22N2O3S/c1-11(2)8-17(22)20-18(24)19-15-9-13(5-4-12(15)3)16-7-6-14(10-21)23-16/h4-7,9,11,21H,8,10H2,1-3H3,(H2,19,20,22,24). The second-order valence-electron chi connectivity index (χ2n) is 6.05. The van der Waals surface area contributed by atoms with Crippen molar-refractivity contribution in [1.29, 1.82) is 0 Å². The number of anilines is 1. The summed E-state index contributed by atoms with van der Waals surface area (Å²) in [4.78, 5) is 11.8. The molecule has 0 atom stereocenters. The van der Waals surface area contributed by atoms with Gasteiger partial charge in [-0.05, 0) is 48.8 Å². The third kappa shape index (κ3) is 4.91. The van der Waals surface area contributed by atoms with Crippen LogP contribution in [0.5, 0.6) is 0 Å². The van der Waals surface area contributed by atoms with Crippen molar-refractivity contribution in [3.8, 4) is 11.3 Å². The number of carbonyl (C=O) groups excluding carboxylic acids is 1. The number of aryl methyl sites for hydroxylation is 1. The molecular weight excluding hydrogens is 324 g/mol. The van der Waals surface area contributed by atoms with Crippen molar-refractivity contribution in [2.45, 2.75) is 33.8 Å². The third-order valence-corrected chi connectivity index (χ3v) is 3.64. The SMILES string of the molecule is Cc1ccc(-c2ccc(CO)o2)cc1NC(=S)NC(=O)CC(C)C. The van der Waals surface area contributed by atoms with E-state index in [1.54, 1.807) is 6.07 Å². The number of aliphatic hydroxyl groups excluding tert-OH is 1. The molecule has 0 bridgehead atoms. The van der Waals surface area contributed by atoms with Gasteiger partial charge in [0.2, 0.25) is 5.91 Å². The van der Waals surface area contributed by atoms with Crippen molar-refractivity contribution in [2.24, 2.45) is 5.92 Å². The first-order valence-electron chi connectivity index (χ1n) is 7.80. The Morgan fingerprint density at radius 2 is 2.04 bits per heavy atom. The molecule has 2 aromatic rings. The summed E-state index contributed by atoms with van der Waals surface area (Å²) in [5.41, 5.74) is 2.65. The summed E-state index contributed by atoms with van der Waals surface area (Å²) in [7, 11) is 0. The maximum absolute atomic E-state index is 11.8. The number of thiocarbonyl (C=S) groups is 1. The van der Waals surface area contributed by atoms with Gasteiger partial charge >= 0.3 is 0 Å². The average molecular weight is 346 g/mol. The summed E-state index contributed by atoms with van der Waals surface area (Å²) in [6.45, 7) is 5.77. The van der Waals surface area contributed by atoms with E-state index in [-0.39, 0.29) is 23.5 Å². The van der Waals surface area contributed by atoms with Crippen molar-refractivity contribution in [3.63, 3.8) is 0 Å². The molecule has 0 aliphatic rings. The molecule has 0 unspecified atom stereocenters. The molecule has 0 aliphatic carbocycles. The van der Waals surface area contributed by atoms with E-state index in [0.29, 0.717) is 17.9 Å². The van der Waals surface area contributed by atoms with Crippen LogP contribution < -0.4 is 10.6 Å². The lowest BCUT2D eigenvalue weighted by Crippen LogP contribution is -2.34. The van der Waals surface area contributed by atoms with E-state index in [9.17, 15) is 4.79 Å². The van der Waals surface area contributed by atoms with Gasteiger partial charge in [0, 0.05) is 17.7 Å². The fourth-order valence-corrected chi connectivity index (χ4v) is 2.45. The van der Waals surface area contributed by atoms with E-state index in [1.807, 2.05) is 45.0 Å². The number of rotatable bonds is 5. The van der Waals surface area contributed by atoms with Gasteiger partial charge in [-0.15, -0.1) is 0 Å². The van der Waals surface area contributed by atoms with Gasteiger partial charge in [0.1, 0.15) is 18.1 Å². The molecule has 1 amide bonds. The Kier molecular flexibility index (Phi) is 6.11. The number of nitrogens with one attached hydrogen (secondary N) is 2. The Labute approximate surface area is 147 Å². The van der Waals surface area contributed by atoms with Gasteiger partial charge in [-0.25, -0.2) is 0 Å². The van der Waals surface area contributed by atoms with E-state index in [0.717, 1.165) is 16.8 Å². The molecular formula is C18H22N2O3S. The lowest BCUT2D eigenvalue weighted by atomic mass is 10.1. The zero-order valence-corrected chi connectivity index (χ0v) is 14.9. The number of amides is 1. The van der Waals surface area contributed by atoms with E-state index >= 15 is 0 Å². The highest BCUT2D eigenvalue weighted by atomic mass is 32.1. The molecule has 5 nitrogen and oxygen atoms in total. The van der Waals surface area contributed by atoms with Gasteiger partial charge in [0.15, 0.2) is 5.11 Å². The van der Waals surface area contributed by atoms with Crippen molar-refractivity contribution in [3.05, 3.63) is 41.7 Å². The molecule has 0 saturated heterocycles. The van der Waals surface area contributed by atoms with Crippen molar-refractivity contribution in [1.82, 2.24) is 5.32 Å². The normalized spacial score (nSPS) is 10.7.